The SMILES string of the molecule is C[C@@H](O)[C@H]1C(=O)N2[C@@H]1C/C(=C\C(=O)OCc1ccccc1)[C@@H]2C(=O)O. The summed E-state index contributed by atoms with van der Waals surface area (Å²) < 4.78 is 5.15. The van der Waals surface area contributed by atoms with Crippen LogP contribution in [0.3, 0.4) is 0 Å². The zero-order chi connectivity index (χ0) is 18.1. The van der Waals surface area contributed by atoms with Crippen molar-refractivity contribution in [1.82, 2.24) is 4.90 Å². The van der Waals surface area contributed by atoms with E-state index in [4.69, 9.17) is 4.74 Å². The third kappa shape index (κ3) is 3.15. The first-order valence-electron chi connectivity index (χ1n) is 8.04. The van der Waals surface area contributed by atoms with Crippen LogP contribution in [0, 0.1) is 5.92 Å². The molecule has 4 atom stereocenters. The molecule has 7 nitrogen and oxygen atoms in total. The van der Waals surface area contributed by atoms with Crippen LogP contribution in [0.25, 0.3) is 0 Å². The Hall–Kier alpha value is -2.67. The number of carbonyl (C=O) groups excluding carboxylic acids is 2. The second kappa shape index (κ2) is 6.68. The maximum atomic E-state index is 12.1. The summed E-state index contributed by atoms with van der Waals surface area (Å²) in [6.45, 7) is 1.59. The molecule has 0 saturated carbocycles. The maximum absolute atomic E-state index is 12.1. The van der Waals surface area contributed by atoms with Gasteiger partial charge in [-0.25, -0.2) is 9.59 Å². The highest BCUT2D eigenvalue weighted by Crippen LogP contribution is 2.43. The molecule has 2 heterocycles. The molecule has 7 heteroatoms. The lowest BCUT2D eigenvalue weighted by Gasteiger charge is -2.45. The molecule has 25 heavy (non-hydrogen) atoms. The van der Waals surface area contributed by atoms with Gasteiger partial charge in [-0.05, 0) is 24.5 Å². The van der Waals surface area contributed by atoms with Crippen molar-refractivity contribution >= 4 is 17.8 Å². The van der Waals surface area contributed by atoms with Crippen LogP contribution in [0.5, 0.6) is 0 Å². The zero-order valence-electron chi connectivity index (χ0n) is 13.7. The number of esters is 1. The maximum Gasteiger partial charge on any atom is 0.331 e. The van der Waals surface area contributed by atoms with E-state index in [9.17, 15) is 24.6 Å². The van der Waals surface area contributed by atoms with Crippen LogP contribution >= 0.6 is 0 Å². The van der Waals surface area contributed by atoms with Crippen LogP contribution in [0.1, 0.15) is 18.9 Å². The van der Waals surface area contributed by atoms with Crippen molar-refractivity contribution in [3.8, 4) is 0 Å². The number of benzene rings is 1. The van der Waals surface area contributed by atoms with Crippen LogP contribution in [0.2, 0.25) is 0 Å². The van der Waals surface area contributed by atoms with E-state index in [2.05, 4.69) is 0 Å². The predicted molar refractivity (Wildman–Crippen MR) is 86.2 cm³/mol. The van der Waals surface area contributed by atoms with Gasteiger partial charge in [0.15, 0.2) is 6.04 Å². The smallest absolute Gasteiger partial charge is 0.331 e. The van der Waals surface area contributed by atoms with E-state index in [1.807, 2.05) is 30.3 Å². The summed E-state index contributed by atoms with van der Waals surface area (Å²) in [5.41, 5.74) is 1.15. The van der Waals surface area contributed by atoms with Crippen molar-refractivity contribution in [3.63, 3.8) is 0 Å². The molecule has 2 aliphatic rings. The molecule has 2 fully saturated rings. The van der Waals surface area contributed by atoms with Crippen molar-refractivity contribution in [3.05, 3.63) is 47.5 Å². The lowest BCUT2D eigenvalue weighted by molar-refractivity contribution is -0.169. The number of rotatable bonds is 5. The lowest BCUT2D eigenvalue weighted by Crippen LogP contribution is -2.64. The van der Waals surface area contributed by atoms with Crippen LogP contribution in [0.15, 0.2) is 42.0 Å². The minimum absolute atomic E-state index is 0.0869. The first-order valence-corrected chi connectivity index (χ1v) is 8.04. The largest absolute Gasteiger partial charge is 0.479 e. The number of hydrogen-bond acceptors (Lipinski definition) is 5. The van der Waals surface area contributed by atoms with Crippen LogP contribution in [-0.2, 0) is 25.7 Å². The minimum Gasteiger partial charge on any atom is -0.479 e. The summed E-state index contributed by atoms with van der Waals surface area (Å²) in [5, 5.41) is 19.1. The Kier molecular flexibility index (Phi) is 4.59. The highest BCUT2D eigenvalue weighted by Gasteiger charge is 2.59. The number of carboxylic acids is 1. The zero-order valence-corrected chi connectivity index (χ0v) is 13.7. The molecule has 3 rings (SSSR count). The van der Waals surface area contributed by atoms with Crippen molar-refractivity contribution in [1.29, 1.82) is 0 Å². The molecule has 0 bridgehead atoms. The topological polar surface area (TPSA) is 104 Å². The Bertz CT molecular complexity index is 726. The van der Waals surface area contributed by atoms with Gasteiger partial charge < -0.3 is 19.8 Å². The molecule has 2 saturated heterocycles. The molecule has 2 N–H and O–H groups in total. The summed E-state index contributed by atoms with van der Waals surface area (Å²) in [5.74, 6) is -2.85. The average Bonchev–Trinajstić information content (AvgIpc) is 2.88. The van der Waals surface area contributed by atoms with Crippen LogP contribution in [-0.4, -0.2) is 51.1 Å². The van der Waals surface area contributed by atoms with E-state index < -0.39 is 35.9 Å². The van der Waals surface area contributed by atoms with Crippen molar-refractivity contribution in [2.75, 3.05) is 0 Å². The number of aliphatic carboxylic acids is 1. The molecule has 1 aromatic rings. The number of aliphatic hydroxyl groups excluding tert-OH is 1. The molecule has 1 amide bonds. The summed E-state index contributed by atoms with van der Waals surface area (Å²) in [6.07, 6.45) is 0.554. The number of aliphatic hydroxyl groups is 1. The van der Waals surface area contributed by atoms with Gasteiger partial charge in [0.05, 0.1) is 18.1 Å². The van der Waals surface area contributed by atoms with E-state index in [1.165, 1.54) is 11.8 Å². The van der Waals surface area contributed by atoms with Gasteiger partial charge >= 0.3 is 11.9 Å². The van der Waals surface area contributed by atoms with E-state index in [0.717, 1.165) is 11.6 Å². The number of carboxylic acid groups (broad SMARTS) is 1. The molecular formula is C18H19NO6. The molecule has 2 aliphatic heterocycles. The van der Waals surface area contributed by atoms with E-state index >= 15 is 0 Å². The van der Waals surface area contributed by atoms with Crippen molar-refractivity contribution in [2.24, 2.45) is 5.92 Å². The quantitative estimate of drug-likeness (QED) is 0.463. The summed E-state index contributed by atoms with van der Waals surface area (Å²) >= 11 is 0. The number of fused-ring (bicyclic) bond motifs is 1. The Labute approximate surface area is 144 Å². The van der Waals surface area contributed by atoms with Gasteiger partial charge in [-0.1, -0.05) is 30.3 Å². The van der Waals surface area contributed by atoms with Gasteiger partial charge in [0.25, 0.3) is 0 Å². The molecule has 0 spiro atoms. The Morgan fingerprint density at radius 3 is 2.64 bits per heavy atom. The van der Waals surface area contributed by atoms with Gasteiger partial charge in [-0.2, -0.15) is 0 Å². The highest BCUT2D eigenvalue weighted by atomic mass is 16.5. The number of β-lactam (4-membered cyclic amide) rings is 1. The van der Waals surface area contributed by atoms with Crippen molar-refractivity contribution in [2.45, 2.75) is 38.1 Å². The lowest BCUT2D eigenvalue weighted by atomic mass is 9.84. The first kappa shape index (κ1) is 17.2. The first-order chi connectivity index (χ1) is 11.9. The van der Waals surface area contributed by atoms with Gasteiger partial charge in [-0.15, -0.1) is 0 Å². The molecule has 132 valence electrons. The molecule has 0 unspecified atom stereocenters. The van der Waals surface area contributed by atoms with Gasteiger partial charge in [0.1, 0.15) is 6.61 Å². The number of ether oxygens (including phenoxy) is 1. The standard InChI is InChI=1S/C18H19NO6/c1-10(20)15-13-7-12(16(18(23)24)19(13)17(15)22)8-14(21)25-9-11-5-3-2-4-6-11/h2-6,8,10,13,15-16,20H,7,9H2,1H3,(H,23,24)/b12-8+/t10-,13-,15-,16-/m1/s1. The summed E-state index contributed by atoms with van der Waals surface area (Å²) in [4.78, 5) is 36.9. The van der Waals surface area contributed by atoms with Gasteiger partial charge in [-0.3, -0.25) is 4.79 Å². The molecule has 0 aromatic heterocycles. The second-order valence-electron chi connectivity index (χ2n) is 6.34. The normalized spacial score (nSPS) is 27.6. The Balaban J connectivity index is 1.72. The third-order valence-corrected chi connectivity index (χ3v) is 4.67. The van der Waals surface area contributed by atoms with Gasteiger partial charge in [0, 0.05) is 6.08 Å². The highest BCUT2D eigenvalue weighted by molar-refractivity contribution is 5.96. The van der Waals surface area contributed by atoms with E-state index in [1.54, 1.807) is 0 Å². The third-order valence-electron chi connectivity index (χ3n) is 4.67. The predicted octanol–water partition coefficient (Wildman–Crippen LogP) is 0.721. The van der Waals surface area contributed by atoms with E-state index in [-0.39, 0.29) is 19.1 Å². The fourth-order valence-corrected chi connectivity index (χ4v) is 3.53. The van der Waals surface area contributed by atoms with Crippen LogP contribution in [0.4, 0.5) is 0 Å². The number of carbonyl (C=O) groups is 3. The molecular weight excluding hydrogens is 326 g/mol. The molecule has 1 aromatic carbocycles. The average molecular weight is 345 g/mol. The summed E-state index contributed by atoms with van der Waals surface area (Å²) in [7, 11) is 0. The number of nitrogens with zero attached hydrogens (tertiary/aromatic N) is 1. The van der Waals surface area contributed by atoms with Crippen LogP contribution < -0.4 is 0 Å². The van der Waals surface area contributed by atoms with Crippen molar-refractivity contribution < 1.29 is 29.3 Å². The summed E-state index contributed by atoms with van der Waals surface area (Å²) in [6, 6.07) is 7.57. The van der Waals surface area contributed by atoms with Gasteiger partial charge in [0.2, 0.25) is 5.91 Å². The monoisotopic (exact) mass is 345 g/mol. The minimum atomic E-state index is -1.19. The molecule has 0 radical (unpaired) electrons. The number of hydrogen-bond donors (Lipinski definition) is 2. The van der Waals surface area contributed by atoms with E-state index in [0.29, 0.717) is 5.57 Å². The Morgan fingerprint density at radius 2 is 2.04 bits per heavy atom. The number of amides is 1. The fourth-order valence-electron chi connectivity index (χ4n) is 3.53. The fraction of sp³-hybridized carbons (Fsp3) is 0.389. The Morgan fingerprint density at radius 1 is 1.36 bits per heavy atom. The second-order valence-corrected chi connectivity index (χ2v) is 6.34. The molecule has 0 aliphatic carbocycles.